The largest absolute Gasteiger partial charge is 0.341 e. The molecular weight excluding hydrogens is 260 g/mol. The van der Waals surface area contributed by atoms with Gasteiger partial charge in [0, 0.05) is 13.6 Å². The first-order valence-corrected chi connectivity index (χ1v) is 7.52. The van der Waals surface area contributed by atoms with Crippen molar-refractivity contribution in [2.24, 2.45) is 0 Å². The molecular formula is C18H24N2O. The van der Waals surface area contributed by atoms with E-state index < -0.39 is 5.54 Å². The molecule has 1 unspecified atom stereocenters. The number of allylic oxidation sites excluding steroid dienone is 1. The first kappa shape index (κ1) is 15.4. The normalized spacial score (nSPS) is 20.5. The zero-order valence-electron chi connectivity index (χ0n) is 12.8. The van der Waals surface area contributed by atoms with Gasteiger partial charge in [-0.15, -0.1) is 13.2 Å². The second kappa shape index (κ2) is 6.61. The number of urea groups is 1. The van der Waals surface area contributed by atoms with Gasteiger partial charge in [0.2, 0.25) is 0 Å². The van der Waals surface area contributed by atoms with E-state index in [9.17, 15) is 4.79 Å². The summed E-state index contributed by atoms with van der Waals surface area (Å²) < 4.78 is 0. The molecule has 1 aliphatic heterocycles. The highest BCUT2D eigenvalue weighted by molar-refractivity contribution is 5.76. The van der Waals surface area contributed by atoms with E-state index in [0.29, 0.717) is 0 Å². The van der Waals surface area contributed by atoms with Gasteiger partial charge in [-0.05, 0) is 36.8 Å². The number of rotatable bonds is 5. The Morgan fingerprint density at radius 3 is 2.86 bits per heavy atom. The van der Waals surface area contributed by atoms with Crippen molar-refractivity contribution in [3.8, 4) is 0 Å². The molecule has 21 heavy (non-hydrogen) atoms. The van der Waals surface area contributed by atoms with Crippen molar-refractivity contribution in [2.45, 2.75) is 31.2 Å². The minimum Gasteiger partial charge on any atom is -0.341 e. The maximum atomic E-state index is 12.3. The molecule has 1 aromatic carbocycles. The number of nitrogens with one attached hydrogen (secondary N) is 1. The van der Waals surface area contributed by atoms with Gasteiger partial charge in [-0.2, -0.15) is 0 Å². The Balaban J connectivity index is 2.47. The third kappa shape index (κ3) is 2.73. The number of fused-ring (bicyclic) bond motifs is 1. The van der Waals surface area contributed by atoms with Crippen molar-refractivity contribution in [3.63, 3.8) is 0 Å². The van der Waals surface area contributed by atoms with Crippen LogP contribution in [-0.2, 0) is 12.0 Å². The highest BCUT2D eigenvalue weighted by atomic mass is 16.2. The average Bonchev–Trinajstić information content (AvgIpc) is 2.54. The van der Waals surface area contributed by atoms with Crippen molar-refractivity contribution < 1.29 is 4.79 Å². The number of benzene rings is 1. The molecule has 0 fully saturated rings. The maximum Gasteiger partial charge on any atom is 0.318 e. The van der Waals surface area contributed by atoms with Gasteiger partial charge < -0.3 is 10.2 Å². The lowest BCUT2D eigenvalue weighted by Crippen LogP contribution is -2.55. The first-order valence-electron chi connectivity index (χ1n) is 7.52. The van der Waals surface area contributed by atoms with E-state index >= 15 is 0 Å². The van der Waals surface area contributed by atoms with Crippen LogP contribution in [0.25, 0.3) is 0 Å². The summed E-state index contributed by atoms with van der Waals surface area (Å²) in [6.45, 7) is 8.56. The predicted octanol–water partition coefficient (Wildman–Crippen LogP) is 3.62. The molecule has 1 aliphatic rings. The summed E-state index contributed by atoms with van der Waals surface area (Å²) in [5, 5.41) is 2.76. The van der Waals surface area contributed by atoms with E-state index in [2.05, 4.69) is 36.7 Å². The Kier molecular flexibility index (Phi) is 4.84. The molecule has 1 atom stereocenters. The standard InChI is InChI=1S/C18H24N2O/c1-4-6-9-13-18(5-2)16-11-8-7-10-15(16)12-14-20(18)17(21)19-3/h4-5,7-8,10-11H,1-2,6,9,12-14H2,3H3,(H,19,21). The fourth-order valence-electron chi connectivity index (χ4n) is 3.26. The lowest BCUT2D eigenvalue weighted by Gasteiger charge is -2.46. The fourth-order valence-corrected chi connectivity index (χ4v) is 3.26. The second-order valence-electron chi connectivity index (χ2n) is 5.42. The second-order valence-corrected chi connectivity index (χ2v) is 5.42. The van der Waals surface area contributed by atoms with Crippen LogP contribution in [-0.4, -0.2) is 24.5 Å². The van der Waals surface area contributed by atoms with E-state index in [1.54, 1.807) is 7.05 Å². The molecule has 0 aliphatic carbocycles. The molecule has 0 bridgehead atoms. The van der Waals surface area contributed by atoms with Gasteiger partial charge in [0.25, 0.3) is 0 Å². The van der Waals surface area contributed by atoms with Crippen LogP contribution in [0.5, 0.6) is 0 Å². The van der Waals surface area contributed by atoms with Gasteiger partial charge in [-0.1, -0.05) is 36.4 Å². The maximum absolute atomic E-state index is 12.3. The number of amides is 2. The van der Waals surface area contributed by atoms with Crippen molar-refractivity contribution in [3.05, 3.63) is 60.7 Å². The smallest absolute Gasteiger partial charge is 0.318 e. The van der Waals surface area contributed by atoms with Gasteiger partial charge in [0.15, 0.2) is 0 Å². The summed E-state index contributed by atoms with van der Waals surface area (Å²) >= 11 is 0. The monoisotopic (exact) mass is 284 g/mol. The van der Waals surface area contributed by atoms with Crippen LogP contribution in [0, 0.1) is 0 Å². The van der Waals surface area contributed by atoms with E-state index in [0.717, 1.165) is 32.2 Å². The van der Waals surface area contributed by atoms with Crippen LogP contribution in [0.1, 0.15) is 30.4 Å². The summed E-state index contributed by atoms with van der Waals surface area (Å²) in [4.78, 5) is 14.3. The highest BCUT2D eigenvalue weighted by Gasteiger charge is 2.41. The van der Waals surface area contributed by atoms with E-state index in [1.807, 2.05) is 23.1 Å². The minimum absolute atomic E-state index is 0.0389. The van der Waals surface area contributed by atoms with Crippen LogP contribution < -0.4 is 5.32 Å². The number of nitrogens with zero attached hydrogens (tertiary/aromatic N) is 1. The molecule has 112 valence electrons. The molecule has 1 aromatic rings. The van der Waals surface area contributed by atoms with E-state index in [4.69, 9.17) is 0 Å². The van der Waals surface area contributed by atoms with E-state index in [-0.39, 0.29) is 6.03 Å². The molecule has 2 amide bonds. The van der Waals surface area contributed by atoms with Gasteiger partial charge in [0.05, 0.1) is 5.54 Å². The Bertz CT molecular complexity index is 538. The molecule has 0 radical (unpaired) electrons. The summed E-state index contributed by atoms with van der Waals surface area (Å²) in [7, 11) is 1.68. The van der Waals surface area contributed by atoms with Crippen LogP contribution in [0.3, 0.4) is 0 Å². The van der Waals surface area contributed by atoms with Crippen molar-refractivity contribution >= 4 is 6.03 Å². The van der Waals surface area contributed by atoms with Crippen LogP contribution in [0.4, 0.5) is 4.79 Å². The van der Waals surface area contributed by atoms with Gasteiger partial charge in [-0.25, -0.2) is 4.79 Å². The highest BCUT2D eigenvalue weighted by Crippen LogP contribution is 2.40. The van der Waals surface area contributed by atoms with Gasteiger partial charge in [0.1, 0.15) is 0 Å². The Labute approximate surface area is 127 Å². The summed E-state index contributed by atoms with van der Waals surface area (Å²) in [5.74, 6) is 0. The zero-order chi connectivity index (χ0) is 15.3. The van der Waals surface area contributed by atoms with Crippen LogP contribution in [0.2, 0.25) is 0 Å². The third-order valence-electron chi connectivity index (χ3n) is 4.33. The quantitative estimate of drug-likeness (QED) is 0.650. The molecule has 0 aromatic heterocycles. The van der Waals surface area contributed by atoms with Crippen LogP contribution in [0.15, 0.2) is 49.6 Å². The number of carbonyl (C=O) groups is 1. The SMILES string of the molecule is C=CCCCC1(C=C)c2ccccc2CCN1C(=O)NC. The predicted molar refractivity (Wildman–Crippen MR) is 87.2 cm³/mol. The summed E-state index contributed by atoms with van der Waals surface area (Å²) in [6.07, 6.45) is 7.54. The van der Waals surface area contributed by atoms with Crippen molar-refractivity contribution in [1.29, 1.82) is 0 Å². The lowest BCUT2D eigenvalue weighted by molar-refractivity contribution is 0.126. The molecule has 3 heteroatoms. The summed E-state index contributed by atoms with van der Waals surface area (Å²) in [5.41, 5.74) is 2.10. The average molecular weight is 284 g/mol. The van der Waals surface area contributed by atoms with Gasteiger partial charge >= 0.3 is 6.03 Å². The third-order valence-corrected chi connectivity index (χ3v) is 4.33. The number of unbranched alkanes of at least 4 members (excludes halogenated alkanes) is 1. The van der Waals surface area contributed by atoms with Crippen LogP contribution >= 0.6 is 0 Å². The molecule has 0 saturated heterocycles. The Morgan fingerprint density at radius 2 is 2.19 bits per heavy atom. The summed E-state index contributed by atoms with van der Waals surface area (Å²) in [6, 6.07) is 8.34. The van der Waals surface area contributed by atoms with Crippen molar-refractivity contribution in [1.82, 2.24) is 10.2 Å². The molecule has 1 heterocycles. The van der Waals surface area contributed by atoms with Crippen molar-refractivity contribution in [2.75, 3.05) is 13.6 Å². The molecule has 0 spiro atoms. The number of hydrogen-bond donors (Lipinski definition) is 1. The topological polar surface area (TPSA) is 32.3 Å². The molecule has 2 rings (SSSR count). The molecule has 0 saturated carbocycles. The van der Waals surface area contributed by atoms with E-state index in [1.165, 1.54) is 11.1 Å². The number of carbonyl (C=O) groups excluding carboxylic acids is 1. The first-order chi connectivity index (χ1) is 10.2. The zero-order valence-corrected chi connectivity index (χ0v) is 12.8. The fraction of sp³-hybridized carbons (Fsp3) is 0.389. The number of hydrogen-bond acceptors (Lipinski definition) is 1. The van der Waals surface area contributed by atoms with Gasteiger partial charge in [-0.3, -0.25) is 0 Å². The lowest BCUT2D eigenvalue weighted by atomic mass is 9.77. The Hall–Kier alpha value is -2.03. The minimum atomic E-state index is -0.419. The Morgan fingerprint density at radius 1 is 1.43 bits per heavy atom. The molecule has 3 nitrogen and oxygen atoms in total. The molecule has 1 N–H and O–H groups in total.